The molecule has 1 amide bonds. The van der Waals surface area contributed by atoms with Crippen molar-refractivity contribution in [3.05, 3.63) is 65.0 Å². The summed E-state index contributed by atoms with van der Waals surface area (Å²) in [6.45, 7) is 9.48. The minimum Gasteiger partial charge on any atom is -0.345 e. The highest BCUT2D eigenvalue weighted by Crippen LogP contribution is 2.22. The lowest BCUT2D eigenvalue weighted by molar-refractivity contribution is 0.0939. The first-order valence-electron chi connectivity index (χ1n) is 8.75. The third kappa shape index (κ3) is 3.66. The van der Waals surface area contributed by atoms with Crippen LogP contribution in [0.3, 0.4) is 0 Å². The molecule has 26 heavy (non-hydrogen) atoms. The molecule has 0 radical (unpaired) electrons. The number of hydrogen-bond acceptors (Lipinski definition) is 4. The summed E-state index contributed by atoms with van der Waals surface area (Å²) < 4.78 is 3.69. The lowest BCUT2D eigenvalue weighted by atomic mass is 10.1. The Morgan fingerprint density at radius 2 is 2.12 bits per heavy atom. The van der Waals surface area contributed by atoms with Gasteiger partial charge in [0.1, 0.15) is 12.7 Å². The molecule has 0 spiro atoms. The molecule has 0 fully saturated rings. The number of hydrogen-bond donors (Lipinski definition) is 1. The summed E-state index contributed by atoms with van der Waals surface area (Å²) in [7, 11) is 0. The van der Waals surface area contributed by atoms with Crippen molar-refractivity contribution in [1.82, 2.24) is 29.9 Å². The van der Waals surface area contributed by atoms with Crippen molar-refractivity contribution in [3.63, 3.8) is 0 Å². The Bertz CT molecular complexity index is 897. The van der Waals surface area contributed by atoms with Crippen molar-refractivity contribution in [3.8, 4) is 0 Å². The summed E-state index contributed by atoms with van der Waals surface area (Å²) in [5, 5.41) is 11.7. The van der Waals surface area contributed by atoms with Gasteiger partial charge in [-0.2, -0.15) is 10.2 Å². The maximum Gasteiger partial charge on any atom is 0.251 e. The predicted molar refractivity (Wildman–Crippen MR) is 98.8 cm³/mol. The van der Waals surface area contributed by atoms with E-state index in [-0.39, 0.29) is 11.9 Å². The largest absolute Gasteiger partial charge is 0.345 e. The topological polar surface area (TPSA) is 77.6 Å². The first-order valence-corrected chi connectivity index (χ1v) is 8.75. The van der Waals surface area contributed by atoms with E-state index in [1.165, 1.54) is 6.33 Å². The molecule has 1 aromatic carbocycles. The van der Waals surface area contributed by atoms with E-state index in [2.05, 4.69) is 27.4 Å². The fourth-order valence-corrected chi connectivity index (χ4v) is 3.31. The van der Waals surface area contributed by atoms with Crippen LogP contribution in [0, 0.1) is 13.8 Å². The number of carbonyl (C=O) groups is 1. The Hall–Kier alpha value is -2.96. The van der Waals surface area contributed by atoms with Gasteiger partial charge in [0.05, 0.1) is 18.3 Å². The van der Waals surface area contributed by atoms with Crippen LogP contribution in [0.4, 0.5) is 0 Å². The molecule has 2 heterocycles. The van der Waals surface area contributed by atoms with E-state index in [4.69, 9.17) is 0 Å². The first-order chi connectivity index (χ1) is 12.5. The smallest absolute Gasteiger partial charge is 0.251 e. The summed E-state index contributed by atoms with van der Waals surface area (Å²) in [6, 6.07) is 7.46. The normalized spacial score (nSPS) is 12.2. The molecule has 0 aliphatic rings. The SMILES string of the molecule is CCn1nc(C)c(C(C)NC(=O)c2cccc(Cn3cncn3)c2)c1C. The minimum absolute atomic E-state index is 0.0963. The van der Waals surface area contributed by atoms with E-state index in [0.717, 1.165) is 29.1 Å². The van der Waals surface area contributed by atoms with Crippen LogP contribution in [-0.2, 0) is 13.1 Å². The number of rotatable bonds is 6. The molecular weight excluding hydrogens is 328 g/mol. The molecule has 1 unspecified atom stereocenters. The third-order valence-corrected chi connectivity index (χ3v) is 4.52. The molecule has 136 valence electrons. The quantitative estimate of drug-likeness (QED) is 0.740. The Labute approximate surface area is 153 Å². The predicted octanol–water partition coefficient (Wildman–Crippen LogP) is 2.65. The van der Waals surface area contributed by atoms with Crippen molar-refractivity contribution in [2.75, 3.05) is 0 Å². The molecule has 0 aliphatic heterocycles. The molecule has 0 saturated heterocycles. The lowest BCUT2D eigenvalue weighted by Crippen LogP contribution is -2.27. The van der Waals surface area contributed by atoms with Gasteiger partial charge >= 0.3 is 0 Å². The van der Waals surface area contributed by atoms with Crippen LogP contribution in [0.5, 0.6) is 0 Å². The highest BCUT2D eigenvalue weighted by Gasteiger charge is 2.19. The zero-order chi connectivity index (χ0) is 18.7. The number of benzene rings is 1. The van der Waals surface area contributed by atoms with Gasteiger partial charge in [0.15, 0.2) is 0 Å². The fraction of sp³-hybridized carbons (Fsp3) is 0.368. The number of aryl methyl sites for hydroxylation is 2. The Morgan fingerprint density at radius 1 is 1.31 bits per heavy atom. The van der Waals surface area contributed by atoms with Crippen LogP contribution in [-0.4, -0.2) is 30.5 Å². The monoisotopic (exact) mass is 352 g/mol. The van der Waals surface area contributed by atoms with Gasteiger partial charge in [0, 0.05) is 23.4 Å². The summed E-state index contributed by atoms with van der Waals surface area (Å²) in [5.41, 5.74) is 4.77. The van der Waals surface area contributed by atoms with Crippen molar-refractivity contribution in [2.24, 2.45) is 0 Å². The first kappa shape index (κ1) is 17.8. The Morgan fingerprint density at radius 3 is 2.77 bits per heavy atom. The highest BCUT2D eigenvalue weighted by atomic mass is 16.1. The van der Waals surface area contributed by atoms with Crippen molar-refractivity contribution in [1.29, 1.82) is 0 Å². The molecule has 2 aromatic heterocycles. The average molecular weight is 352 g/mol. The van der Waals surface area contributed by atoms with Gasteiger partial charge in [-0.1, -0.05) is 12.1 Å². The van der Waals surface area contributed by atoms with E-state index in [0.29, 0.717) is 12.1 Å². The van der Waals surface area contributed by atoms with Gasteiger partial charge in [0.2, 0.25) is 0 Å². The number of aromatic nitrogens is 5. The number of amides is 1. The van der Waals surface area contributed by atoms with Crippen molar-refractivity contribution in [2.45, 2.75) is 46.8 Å². The molecule has 7 heteroatoms. The molecule has 1 N–H and O–H groups in total. The minimum atomic E-state index is -0.109. The van der Waals surface area contributed by atoms with Gasteiger partial charge in [0.25, 0.3) is 5.91 Å². The standard InChI is InChI=1S/C19H24N6O/c1-5-25-15(4)18(14(3)23-25)13(2)22-19(26)17-8-6-7-16(9-17)10-24-12-20-11-21-24/h6-9,11-13H,5,10H2,1-4H3,(H,22,26). The van der Waals surface area contributed by atoms with Crippen LogP contribution >= 0.6 is 0 Å². The Balaban J connectivity index is 1.74. The molecule has 3 aromatic rings. The molecule has 7 nitrogen and oxygen atoms in total. The highest BCUT2D eigenvalue weighted by molar-refractivity contribution is 5.94. The van der Waals surface area contributed by atoms with Crippen LogP contribution in [0.1, 0.15) is 52.8 Å². The van der Waals surface area contributed by atoms with E-state index in [1.807, 2.05) is 49.7 Å². The summed E-state index contributed by atoms with van der Waals surface area (Å²) in [4.78, 5) is 16.6. The second kappa shape index (κ2) is 7.51. The van der Waals surface area contributed by atoms with Gasteiger partial charge in [-0.05, 0) is 45.4 Å². The van der Waals surface area contributed by atoms with Gasteiger partial charge in [-0.15, -0.1) is 0 Å². The Kier molecular flexibility index (Phi) is 5.16. The van der Waals surface area contributed by atoms with Gasteiger partial charge in [-0.25, -0.2) is 9.67 Å². The number of carbonyl (C=O) groups excluding carboxylic acids is 1. The fourth-order valence-electron chi connectivity index (χ4n) is 3.31. The summed E-state index contributed by atoms with van der Waals surface area (Å²) in [6.07, 6.45) is 3.16. The van der Waals surface area contributed by atoms with Crippen LogP contribution in [0.2, 0.25) is 0 Å². The zero-order valence-corrected chi connectivity index (χ0v) is 15.6. The summed E-state index contributed by atoms with van der Waals surface area (Å²) >= 11 is 0. The molecular formula is C19H24N6O. The van der Waals surface area contributed by atoms with Gasteiger partial charge < -0.3 is 5.32 Å². The van der Waals surface area contributed by atoms with Crippen LogP contribution in [0.25, 0.3) is 0 Å². The number of nitrogens with one attached hydrogen (secondary N) is 1. The van der Waals surface area contributed by atoms with Crippen molar-refractivity contribution >= 4 is 5.91 Å². The maximum atomic E-state index is 12.7. The molecule has 0 saturated carbocycles. The molecule has 3 rings (SSSR count). The average Bonchev–Trinajstić information content (AvgIpc) is 3.22. The van der Waals surface area contributed by atoms with Crippen LogP contribution in [0.15, 0.2) is 36.9 Å². The number of nitrogens with zero attached hydrogens (tertiary/aromatic N) is 5. The van der Waals surface area contributed by atoms with E-state index in [1.54, 1.807) is 11.0 Å². The van der Waals surface area contributed by atoms with E-state index >= 15 is 0 Å². The molecule has 1 atom stereocenters. The second-order valence-corrected chi connectivity index (χ2v) is 6.39. The maximum absolute atomic E-state index is 12.7. The third-order valence-electron chi connectivity index (χ3n) is 4.52. The van der Waals surface area contributed by atoms with Crippen molar-refractivity contribution < 1.29 is 4.79 Å². The van der Waals surface area contributed by atoms with Crippen LogP contribution < -0.4 is 5.32 Å². The molecule has 0 aliphatic carbocycles. The zero-order valence-electron chi connectivity index (χ0n) is 15.6. The van der Waals surface area contributed by atoms with E-state index < -0.39 is 0 Å². The van der Waals surface area contributed by atoms with E-state index in [9.17, 15) is 4.79 Å². The summed E-state index contributed by atoms with van der Waals surface area (Å²) in [5.74, 6) is -0.0963. The molecule has 0 bridgehead atoms. The second-order valence-electron chi connectivity index (χ2n) is 6.39. The van der Waals surface area contributed by atoms with Gasteiger partial charge in [-0.3, -0.25) is 9.48 Å². The lowest BCUT2D eigenvalue weighted by Gasteiger charge is -2.15.